The van der Waals surface area contributed by atoms with Gasteiger partial charge in [-0.15, -0.1) is 0 Å². The van der Waals surface area contributed by atoms with Gasteiger partial charge in [-0.25, -0.2) is 9.59 Å². The Kier molecular flexibility index (Phi) is 7.03. The zero-order chi connectivity index (χ0) is 21.7. The summed E-state index contributed by atoms with van der Waals surface area (Å²) < 4.78 is 5.44. The molecule has 0 fully saturated rings. The van der Waals surface area contributed by atoms with E-state index in [9.17, 15) is 9.59 Å². The first kappa shape index (κ1) is 22.0. The Morgan fingerprint density at radius 1 is 1.34 bits per heavy atom. The number of nitrogens with zero attached hydrogens (tertiary/aromatic N) is 2. The molecule has 10 heteroatoms. The van der Waals surface area contributed by atoms with Crippen molar-refractivity contribution in [2.24, 2.45) is 22.4 Å². The lowest BCUT2D eigenvalue weighted by Crippen LogP contribution is -2.46. The van der Waals surface area contributed by atoms with Crippen molar-refractivity contribution in [3.05, 3.63) is 34.8 Å². The first-order valence-corrected chi connectivity index (χ1v) is 9.28. The summed E-state index contributed by atoms with van der Waals surface area (Å²) in [6.45, 7) is 4.62. The monoisotopic (exact) mass is 403 g/mol. The number of aliphatic imine (C=N–C) groups is 1. The lowest BCUT2D eigenvalue weighted by Gasteiger charge is -2.39. The van der Waals surface area contributed by atoms with Gasteiger partial charge in [0.25, 0.3) is 0 Å². The minimum Gasteiger partial charge on any atom is -0.497 e. The number of rotatable bonds is 7. The number of urea groups is 2. The zero-order valence-electron chi connectivity index (χ0n) is 17.2. The highest BCUT2D eigenvalue weighted by atomic mass is 16.5. The molecular formula is C19H29N7O3. The standard InChI is InChI=1S/C19H29N7O3/c1-10-8-12(29-4)9-13-15(10)24-17(25-19(22)28)14(11(2)20)16(13)26(3)7-5-6-23-18(21)27/h8-9,13,15,20H,5-7H2,1-4H3,(H3,21,23,27)(H3,22,24,25,28). The van der Waals surface area contributed by atoms with Gasteiger partial charge in [0.05, 0.1) is 18.7 Å². The van der Waals surface area contributed by atoms with E-state index >= 15 is 0 Å². The predicted molar refractivity (Wildman–Crippen MR) is 112 cm³/mol. The number of nitrogens with one attached hydrogen (secondary N) is 3. The number of nitrogens with two attached hydrogens (primary N) is 2. The van der Waals surface area contributed by atoms with Crippen molar-refractivity contribution < 1.29 is 14.3 Å². The molecule has 2 unspecified atom stereocenters. The van der Waals surface area contributed by atoms with E-state index in [4.69, 9.17) is 21.6 Å². The second-order valence-corrected chi connectivity index (χ2v) is 7.05. The molecule has 2 aliphatic rings. The van der Waals surface area contributed by atoms with Gasteiger partial charge in [0.1, 0.15) is 11.6 Å². The average Bonchev–Trinajstić information content (AvgIpc) is 2.63. The van der Waals surface area contributed by atoms with Gasteiger partial charge in [0.15, 0.2) is 0 Å². The molecule has 2 rings (SSSR count). The number of methoxy groups -OCH3 is 1. The number of fused-ring (bicyclic) bond motifs is 1. The molecule has 0 radical (unpaired) electrons. The van der Waals surface area contributed by atoms with Crippen molar-refractivity contribution in [1.29, 1.82) is 5.41 Å². The molecule has 0 spiro atoms. The first-order valence-electron chi connectivity index (χ1n) is 9.28. The Hall–Kier alpha value is -3.30. The molecule has 1 aliphatic carbocycles. The maximum absolute atomic E-state index is 11.6. The summed E-state index contributed by atoms with van der Waals surface area (Å²) >= 11 is 0. The van der Waals surface area contributed by atoms with Gasteiger partial charge in [0.2, 0.25) is 0 Å². The number of hydrogen-bond acceptors (Lipinski definition) is 6. The van der Waals surface area contributed by atoms with E-state index in [2.05, 4.69) is 15.6 Å². The summed E-state index contributed by atoms with van der Waals surface area (Å²) in [6.07, 6.45) is 4.53. The Bertz CT molecular complexity index is 826. The number of carbonyl (C=O) groups excluding carboxylic acids is 2. The Labute approximate surface area is 170 Å². The quantitative estimate of drug-likeness (QED) is 0.315. The molecule has 0 aromatic carbocycles. The summed E-state index contributed by atoms with van der Waals surface area (Å²) in [7, 11) is 3.51. The average molecular weight is 403 g/mol. The van der Waals surface area contributed by atoms with Gasteiger partial charge in [-0.05, 0) is 38.0 Å². The minimum absolute atomic E-state index is 0.169. The number of primary amides is 2. The van der Waals surface area contributed by atoms with Gasteiger partial charge in [0, 0.05) is 37.5 Å². The number of dihydropyridines is 1. The van der Waals surface area contributed by atoms with Gasteiger partial charge in [-0.1, -0.05) is 0 Å². The largest absolute Gasteiger partial charge is 0.497 e. The predicted octanol–water partition coefficient (Wildman–Crippen LogP) is 0.826. The fourth-order valence-electron chi connectivity index (χ4n) is 3.61. The SMILES string of the molecule is COC1=CC2C(N(C)CCCNC(N)=O)=C(C(C)=N)C(NC(N)=O)=NC2C(C)=C1. The van der Waals surface area contributed by atoms with E-state index in [0.29, 0.717) is 30.8 Å². The summed E-state index contributed by atoms with van der Waals surface area (Å²) in [5, 5.41) is 13.4. The summed E-state index contributed by atoms with van der Waals surface area (Å²) in [4.78, 5) is 29.1. The molecule has 10 nitrogen and oxygen atoms in total. The molecule has 0 saturated carbocycles. The van der Waals surface area contributed by atoms with Crippen LogP contribution in [-0.2, 0) is 4.74 Å². The van der Waals surface area contributed by atoms with Crippen LogP contribution in [0.15, 0.2) is 39.7 Å². The van der Waals surface area contributed by atoms with Crippen molar-refractivity contribution >= 4 is 23.6 Å². The summed E-state index contributed by atoms with van der Waals surface area (Å²) in [5.74, 6) is 0.830. The number of ether oxygens (including phenoxy) is 1. The van der Waals surface area contributed by atoms with Crippen LogP contribution in [0.25, 0.3) is 0 Å². The molecule has 1 aliphatic heterocycles. The fourth-order valence-corrected chi connectivity index (χ4v) is 3.61. The van der Waals surface area contributed by atoms with Gasteiger partial charge >= 0.3 is 12.1 Å². The number of hydrogen-bond donors (Lipinski definition) is 5. The fraction of sp³-hybridized carbons (Fsp3) is 0.474. The van der Waals surface area contributed by atoms with Crippen molar-refractivity contribution in [2.45, 2.75) is 26.3 Å². The van der Waals surface area contributed by atoms with Crippen molar-refractivity contribution in [1.82, 2.24) is 15.5 Å². The van der Waals surface area contributed by atoms with Crippen molar-refractivity contribution in [3.8, 4) is 0 Å². The molecule has 4 amide bonds. The third kappa shape index (κ3) is 5.15. The van der Waals surface area contributed by atoms with E-state index in [0.717, 1.165) is 11.3 Å². The maximum Gasteiger partial charge on any atom is 0.317 e. The molecule has 29 heavy (non-hydrogen) atoms. The molecule has 7 N–H and O–H groups in total. The molecule has 158 valence electrons. The van der Waals surface area contributed by atoms with Crippen LogP contribution >= 0.6 is 0 Å². The minimum atomic E-state index is -0.737. The third-order valence-corrected chi connectivity index (χ3v) is 4.83. The molecule has 0 aromatic rings. The van der Waals surface area contributed by atoms with Crippen LogP contribution in [0.5, 0.6) is 0 Å². The number of amidine groups is 1. The van der Waals surface area contributed by atoms with E-state index in [1.807, 2.05) is 31.0 Å². The van der Waals surface area contributed by atoms with E-state index in [1.165, 1.54) is 0 Å². The smallest absolute Gasteiger partial charge is 0.317 e. The number of amides is 4. The van der Waals surface area contributed by atoms with Gasteiger partial charge < -0.3 is 31.8 Å². The van der Waals surface area contributed by atoms with Crippen LogP contribution in [0.1, 0.15) is 20.3 Å². The number of allylic oxidation sites excluding steroid dienone is 1. The Morgan fingerprint density at radius 3 is 2.59 bits per heavy atom. The topological polar surface area (TPSA) is 159 Å². The third-order valence-electron chi connectivity index (χ3n) is 4.83. The van der Waals surface area contributed by atoms with Crippen molar-refractivity contribution in [3.63, 3.8) is 0 Å². The summed E-state index contributed by atoms with van der Waals surface area (Å²) in [6, 6.07) is -1.55. The number of carbonyl (C=O) groups is 2. The molecule has 2 atom stereocenters. The highest BCUT2D eigenvalue weighted by Gasteiger charge is 2.38. The highest BCUT2D eigenvalue weighted by Crippen LogP contribution is 2.37. The Balaban J connectivity index is 2.47. The molecule has 0 saturated heterocycles. The maximum atomic E-state index is 11.6. The van der Waals surface area contributed by atoms with Crippen LogP contribution in [0, 0.1) is 11.3 Å². The lowest BCUT2D eigenvalue weighted by molar-refractivity contribution is 0.248. The highest BCUT2D eigenvalue weighted by molar-refractivity contribution is 6.25. The normalized spacial score (nSPS) is 20.6. The molecule has 0 bridgehead atoms. The van der Waals surface area contributed by atoms with E-state index < -0.39 is 12.1 Å². The lowest BCUT2D eigenvalue weighted by atomic mass is 9.81. The van der Waals surface area contributed by atoms with E-state index in [1.54, 1.807) is 14.0 Å². The van der Waals surface area contributed by atoms with Crippen LogP contribution in [-0.4, -0.2) is 61.8 Å². The van der Waals surface area contributed by atoms with Crippen LogP contribution < -0.4 is 22.1 Å². The van der Waals surface area contributed by atoms with Crippen LogP contribution in [0.2, 0.25) is 0 Å². The van der Waals surface area contributed by atoms with E-state index in [-0.39, 0.29) is 23.5 Å². The summed E-state index contributed by atoms with van der Waals surface area (Å²) in [5.41, 5.74) is 13.0. The molecule has 0 aromatic heterocycles. The second-order valence-electron chi connectivity index (χ2n) is 7.05. The van der Waals surface area contributed by atoms with Crippen molar-refractivity contribution in [2.75, 3.05) is 27.2 Å². The molecular weight excluding hydrogens is 374 g/mol. The van der Waals surface area contributed by atoms with Crippen LogP contribution in [0.4, 0.5) is 9.59 Å². The van der Waals surface area contributed by atoms with Gasteiger partial charge in [-0.3, -0.25) is 10.3 Å². The second kappa shape index (κ2) is 9.26. The van der Waals surface area contributed by atoms with Gasteiger partial charge in [-0.2, -0.15) is 0 Å². The first-order chi connectivity index (χ1) is 13.6. The molecule has 1 heterocycles. The van der Waals surface area contributed by atoms with Crippen LogP contribution in [0.3, 0.4) is 0 Å². The Morgan fingerprint density at radius 2 is 2.03 bits per heavy atom. The zero-order valence-corrected chi connectivity index (χ0v) is 17.2.